The molecule has 5 heteroatoms. The van der Waals surface area contributed by atoms with Crippen LogP contribution in [0, 0.1) is 5.92 Å². The normalized spacial score (nSPS) is 20.7. The van der Waals surface area contributed by atoms with E-state index in [-0.39, 0.29) is 12.1 Å². The summed E-state index contributed by atoms with van der Waals surface area (Å²) in [6.07, 6.45) is 6.20. The molecule has 3 N–H and O–H groups in total. The van der Waals surface area contributed by atoms with Crippen molar-refractivity contribution in [1.82, 2.24) is 5.32 Å². The highest BCUT2D eigenvalue weighted by Crippen LogP contribution is 2.31. The third-order valence-corrected chi connectivity index (χ3v) is 6.15. The number of benzene rings is 2. The van der Waals surface area contributed by atoms with Crippen molar-refractivity contribution in [3.63, 3.8) is 0 Å². The van der Waals surface area contributed by atoms with E-state index in [0.29, 0.717) is 12.5 Å². The lowest BCUT2D eigenvalue weighted by molar-refractivity contribution is -0.122. The fraction of sp³-hybridized carbons (Fsp3) is 0.440. The van der Waals surface area contributed by atoms with Crippen LogP contribution >= 0.6 is 0 Å². The van der Waals surface area contributed by atoms with Gasteiger partial charge in [0.25, 0.3) is 0 Å². The van der Waals surface area contributed by atoms with Crippen LogP contribution in [0.1, 0.15) is 50.2 Å². The van der Waals surface area contributed by atoms with Crippen molar-refractivity contribution in [1.29, 1.82) is 0 Å². The van der Waals surface area contributed by atoms with Crippen molar-refractivity contribution < 1.29 is 4.79 Å². The van der Waals surface area contributed by atoms with Crippen LogP contribution in [0.25, 0.3) is 0 Å². The predicted molar refractivity (Wildman–Crippen MR) is 123 cm³/mol. The highest BCUT2D eigenvalue weighted by Gasteiger charge is 2.28. The van der Waals surface area contributed by atoms with Crippen molar-refractivity contribution in [2.45, 2.75) is 51.2 Å². The number of para-hydroxylation sites is 1. The van der Waals surface area contributed by atoms with Gasteiger partial charge in [0.1, 0.15) is 6.17 Å². The van der Waals surface area contributed by atoms with E-state index in [4.69, 9.17) is 10.7 Å². The molecule has 0 spiro atoms. The van der Waals surface area contributed by atoms with E-state index in [9.17, 15) is 4.79 Å². The van der Waals surface area contributed by atoms with Gasteiger partial charge in [-0.1, -0.05) is 67.8 Å². The summed E-state index contributed by atoms with van der Waals surface area (Å²) < 4.78 is 0. The maximum absolute atomic E-state index is 12.4. The van der Waals surface area contributed by atoms with Gasteiger partial charge in [-0.05, 0) is 31.7 Å². The molecule has 2 aromatic rings. The summed E-state index contributed by atoms with van der Waals surface area (Å²) in [5, 5.41) is 3.07. The summed E-state index contributed by atoms with van der Waals surface area (Å²) >= 11 is 0. The minimum absolute atomic E-state index is 0.167. The third kappa shape index (κ3) is 4.73. The van der Waals surface area contributed by atoms with E-state index in [0.717, 1.165) is 23.4 Å². The first-order chi connectivity index (χ1) is 14.6. The minimum atomic E-state index is -0.558. The number of rotatable bonds is 5. The Morgan fingerprint density at radius 1 is 1.10 bits per heavy atom. The molecule has 1 unspecified atom stereocenters. The van der Waals surface area contributed by atoms with Gasteiger partial charge in [-0.3, -0.25) is 9.79 Å². The first-order valence-electron chi connectivity index (χ1n) is 11.2. The average molecular weight is 405 g/mol. The van der Waals surface area contributed by atoms with Gasteiger partial charge in [-0.25, -0.2) is 0 Å². The van der Waals surface area contributed by atoms with Crippen LogP contribution in [0.5, 0.6) is 0 Å². The fourth-order valence-electron chi connectivity index (χ4n) is 4.58. The molecule has 4 rings (SSSR count). The van der Waals surface area contributed by atoms with E-state index < -0.39 is 6.04 Å². The predicted octanol–water partition coefficient (Wildman–Crippen LogP) is 3.71. The number of benzodiazepines with no additional fused rings is 1. The van der Waals surface area contributed by atoms with Gasteiger partial charge in [0, 0.05) is 23.4 Å². The summed E-state index contributed by atoms with van der Waals surface area (Å²) in [6.45, 7) is 3.36. The number of hydrogen-bond donors (Lipinski definition) is 2. The van der Waals surface area contributed by atoms with Crippen LogP contribution in [0.4, 0.5) is 5.69 Å². The average Bonchev–Trinajstić information content (AvgIpc) is 2.92. The molecule has 5 nitrogen and oxygen atoms in total. The van der Waals surface area contributed by atoms with E-state index in [1.165, 1.54) is 37.8 Å². The Kier molecular flexibility index (Phi) is 6.48. The molecule has 1 heterocycles. The van der Waals surface area contributed by atoms with Crippen molar-refractivity contribution >= 4 is 17.3 Å². The number of aliphatic imine (C=N–C) groups is 1. The Bertz CT molecular complexity index is 887. The van der Waals surface area contributed by atoms with Gasteiger partial charge in [-0.2, -0.15) is 0 Å². The second kappa shape index (κ2) is 9.43. The van der Waals surface area contributed by atoms with Gasteiger partial charge >= 0.3 is 0 Å². The molecule has 2 atom stereocenters. The molecule has 1 fully saturated rings. The van der Waals surface area contributed by atoms with Crippen molar-refractivity contribution in [2.24, 2.45) is 16.6 Å². The molecule has 0 radical (unpaired) electrons. The Balaban J connectivity index is 1.72. The van der Waals surface area contributed by atoms with Gasteiger partial charge in [0.15, 0.2) is 0 Å². The Hall–Kier alpha value is -2.66. The largest absolute Gasteiger partial charge is 0.367 e. The molecule has 2 aliphatic rings. The topological polar surface area (TPSA) is 70.7 Å². The second-order valence-electron chi connectivity index (χ2n) is 8.58. The standard InChI is InChI=1S/C25H32N4O/c1-18(26)25(30)28-23-17-29(16-19-10-4-2-5-11-19)22-15-9-8-14-21(22)24(27-23)20-12-6-3-7-13-20/h3,6-9,12-15,18-19,23H,2,4-5,10-11,16-17,26H2,1H3,(H,28,30)/t18-,23?/m0/s1. The smallest absolute Gasteiger partial charge is 0.238 e. The third-order valence-electron chi connectivity index (χ3n) is 6.15. The molecule has 0 aromatic heterocycles. The Labute approximate surface area is 179 Å². The zero-order valence-corrected chi connectivity index (χ0v) is 17.8. The molecule has 2 aromatic carbocycles. The van der Waals surface area contributed by atoms with Gasteiger partial charge in [-0.15, -0.1) is 0 Å². The Morgan fingerprint density at radius 3 is 2.53 bits per heavy atom. The monoisotopic (exact) mass is 404 g/mol. The zero-order valence-electron chi connectivity index (χ0n) is 17.8. The molecule has 0 saturated heterocycles. The van der Waals surface area contributed by atoms with Gasteiger partial charge in [0.2, 0.25) is 5.91 Å². The first kappa shape index (κ1) is 20.6. The number of carbonyl (C=O) groups excluding carboxylic acids is 1. The molecule has 30 heavy (non-hydrogen) atoms. The molecule has 1 amide bonds. The first-order valence-corrected chi connectivity index (χ1v) is 11.2. The number of fused-ring (bicyclic) bond motifs is 1. The minimum Gasteiger partial charge on any atom is -0.367 e. The van der Waals surface area contributed by atoms with Crippen molar-refractivity contribution in [2.75, 3.05) is 18.0 Å². The summed E-state index contributed by atoms with van der Waals surface area (Å²) in [5.74, 6) is 0.523. The van der Waals surface area contributed by atoms with E-state index >= 15 is 0 Å². The molecule has 158 valence electrons. The molecule has 1 aliphatic heterocycles. The van der Waals surface area contributed by atoms with Crippen molar-refractivity contribution in [3.05, 3.63) is 65.7 Å². The van der Waals surface area contributed by atoms with Crippen LogP contribution in [0.15, 0.2) is 59.6 Å². The molecule has 1 saturated carbocycles. The molecule has 1 aliphatic carbocycles. The Morgan fingerprint density at radius 2 is 1.80 bits per heavy atom. The number of nitrogens with two attached hydrogens (primary N) is 1. The quantitative estimate of drug-likeness (QED) is 0.798. The maximum Gasteiger partial charge on any atom is 0.238 e. The summed E-state index contributed by atoms with van der Waals surface area (Å²) in [4.78, 5) is 19.9. The van der Waals surface area contributed by atoms with Crippen LogP contribution in [0.3, 0.4) is 0 Å². The zero-order chi connectivity index (χ0) is 20.9. The maximum atomic E-state index is 12.4. The number of carbonyl (C=O) groups is 1. The van der Waals surface area contributed by atoms with Gasteiger partial charge in [0.05, 0.1) is 18.3 Å². The molecular formula is C25H32N4O. The lowest BCUT2D eigenvalue weighted by atomic mass is 9.88. The lowest BCUT2D eigenvalue weighted by Crippen LogP contribution is -2.48. The highest BCUT2D eigenvalue weighted by molar-refractivity contribution is 6.16. The second-order valence-corrected chi connectivity index (χ2v) is 8.58. The van der Waals surface area contributed by atoms with E-state index in [1.54, 1.807) is 6.92 Å². The summed E-state index contributed by atoms with van der Waals surface area (Å²) in [6, 6.07) is 18.2. The summed E-state index contributed by atoms with van der Waals surface area (Å²) in [5.41, 5.74) is 10.1. The molecular weight excluding hydrogens is 372 g/mol. The number of nitrogens with zero attached hydrogens (tertiary/aromatic N) is 2. The number of anilines is 1. The van der Waals surface area contributed by atoms with E-state index in [2.05, 4.69) is 46.6 Å². The SMILES string of the molecule is C[C@H](N)C(=O)NC1CN(CC2CCCCC2)c2ccccc2C(c2ccccc2)=N1. The van der Waals surface area contributed by atoms with E-state index in [1.807, 2.05) is 18.2 Å². The van der Waals surface area contributed by atoms with Gasteiger partial charge < -0.3 is 16.0 Å². The van der Waals surface area contributed by atoms with Crippen LogP contribution in [0.2, 0.25) is 0 Å². The van der Waals surface area contributed by atoms with Crippen LogP contribution in [-0.4, -0.2) is 36.9 Å². The van der Waals surface area contributed by atoms with Crippen LogP contribution in [-0.2, 0) is 4.79 Å². The summed E-state index contributed by atoms with van der Waals surface area (Å²) in [7, 11) is 0. The number of amides is 1. The van der Waals surface area contributed by atoms with Crippen molar-refractivity contribution in [3.8, 4) is 0 Å². The highest BCUT2D eigenvalue weighted by atomic mass is 16.2. The van der Waals surface area contributed by atoms with Crippen LogP contribution < -0.4 is 16.0 Å². The fourth-order valence-corrected chi connectivity index (χ4v) is 4.58. The number of hydrogen-bond acceptors (Lipinski definition) is 4. The molecule has 0 bridgehead atoms. The number of nitrogens with one attached hydrogen (secondary N) is 1. The lowest BCUT2D eigenvalue weighted by Gasteiger charge is -2.33.